The van der Waals surface area contributed by atoms with E-state index in [-0.39, 0.29) is 0 Å². The molecular weight excluding hydrogens is 290 g/mol. The minimum atomic E-state index is 0.316. The maximum atomic E-state index is 9.49. The van der Waals surface area contributed by atoms with E-state index >= 15 is 0 Å². The van der Waals surface area contributed by atoms with Gasteiger partial charge in [0.05, 0.1) is 4.47 Å². The van der Waals surface area contributed by atoms with Crippen LogP contribution in [-0.4, -0.2) is 23.1 Å². The first-order valence-electron chi connectivity index (χ1n) is 6.72. The Hall–Kier alpha value is -0.540. The number of rotatable bonds is 3. The summed E-state index contributed by atoms with van der Waals surface area (Å²) in [5, 5.41) is 9.49. The number of piperidine rings is 1. The van der Waals surface area contributed by atoms with Crippen LogP contribution in [0.1, 0.15) is 38.7 Å². The van der Waals surface area contributed by atoms with Crippen molar-refractivity contribution in [3.05, 3.63) is 28.2 Å². The molecule has 18 heavy (non-hydrogen) atoms. The Morgan fingerprint density at radius 3 is 2.56 bits per heavy atom. The minimum absolute atomic E-state index is 0.316. The predicted molar refractivity (Wildman–Crippen MR) is 78.7 cm³/mol. The van der Waals surface area contributed by atoms with Crippen LogP contribution in [0.25, 0.3) is 0 Å². The van der Waals surface area contributed by atoms with Gasteiger partial charge in [-0.05, 0) is 65.0 Å². The van der Waals surface area contributed by atoms with Gasteiger partial charge in [-0.2, -0.15) is 0 Å². The molecule has 1 aromatic carbocycles. The molecule has 100 valence electrons. The van der Waals surface area contributed by atoms with Gasteiger partial charge in [-0.3, -0.25) is 4.90 Å². The van der Waals surface area contributed by atoms with Crippen molar-refractivity contribution in [2.24, 2.45) is 5.41 Å². The first-order chi connectivity index (χ1) is 8.52. The van der Waals surface area contributed by atoms with Gasteiger partial charge in [-0.1, -0.05) is 26.3 Å². The number of benzene rings is 1. The summed E-state index contributed by atoms with van der Waals surface area (Å²) >= 11 is 3.37. The van der Waals surface area contributed by atoms with E-state index in [9.17, 15) is 5.11 Å². The molecule has 1 fully saturated rings. The Morgan fingerprint density at radius 2 is 2.00 bits per heavy atom. The Balaban J connectivity index is 1.93. The van der Waals surface area contributed by atoms with Crippen LogP contribution >= 0.6 is 15.9 Å². The first-order valence-corrected chi connectivity index (χ1v) is 7.51. The summed E-state index contributed by atoms with van der Waals surface area (Å²) in [7, 11) is 0. The highest BCUT2D eigenvalue weighted by Gasteiger charge is 2.28. The molecule has 0 unspecified atom stereocenters. The van der Waals surface area contributed by atoms with Crippen molar-refractivity contribution in [2.45, 2.75) is 39.7 Å². The van der Waals surface area contributed by atoms with E-state index < -0.39 is 0 Å². The normalized spacial score (nSPS) is 19.9. The second-order valence-corrected chi connectivity index (χ2v) is 6.58. The lowest BCUT2D eigenvalue weighted by Crippen LogP contribution is -2.37. The summed E-state index contributed by atoms with van der Waals surface area (Å²) in [5.41, 5.74) is 1.81. The maximum absolute atomic E-state index is 9.49. The van der Waals surface area contributed by atoms with Crippen molar-refractivity contribution in [1.82, 2.24) is 4.90 Å². The van der Waals surface area contributed by atoms with Crippen molar-refractivity contribution in [3.8, 4) is 5.75 Å². The van der Waals surface area contributed by atoms with Crippen molar-refractivity contribution in [2.75, 3.05) is 13.1 Å². The number of nitrogens with zero attached hydrogens (tertiary/aromatic N) is 1. The number of halogens is 1. The highest BCUT2D eigenvalue weighted by Crippen LogP contribution is 2.34. The minimum Gasteiger partial charge on any atom is -0.507 e. The van der Waals surface area contributed by atoms with Gasteiger partial charge in [0.2, 0.25) is 0 Å². The van der Waals surface area contributed by atoms with Gasteiger partial charge >= 0.3 is 0 Å². The molecule has 1 N–H and O–H groups in total. The lowest BCUT2D eigenvalue weighted by molar-refractivity contribution is 0.109. The smallest absolute Gasteiger partial charge is 0.129 e. The summed E-state index contributed by atoms with van der Waals surface area (Å²) < 4.78 is 0.787. The molecule has 0 aliphatic carbocycles. The highest BCUT2D eigenvalue weighted by atomic mass is 79.9. The molecule has 0 atom stereocenters. The second kappa shape index (κ2) is 5.62. The first kappa shape index (κ1) is 13.9. The van der Waals surface area contributed by atoms with E-state index in [0.29, 0.717) is 11.2 Å². The monoisotopic (exact) mass is 311 g/mol. The molecular formula is C15H22BrNO. The Kier molecular flexibility index (Phi) is 4.33. The van der Waals surface area contributed by atoms with Crippen LogP contribution < -0.4 is 0 Å². The summed E-state index contributed by atoms with van der Waals surface area (Å²) in [6.45, 7) is 8.05. The number of hydrogen-bond acceptors (Lipinski definition) is 2. The van der Waals surface area contributed by atoms with Crippen LogP contribution in [0.2, 0.25) is 0 Å². The molecule has 1 aromatic rings. The molecule has 2 nitrogen and oxygen atoms in total. The third-order valence-corrected chi connectivity index (χ3v) is 4.97. The SMILES string of the molecule is CCC1(C)CCN(Cc2ccc(O)c(Br)c2)CC1. The van der Waals surface area contributed by atoms with Gasteiger partial charge in [0.1, 0.15) is 5.75 Å². The van der Waals surface area contributed by atoms with E-state index in [4.69, 9.17) is 0 Å². The number of phenols is 1. The molecule has 1 aliphatic heterocycles. The van der Waals surface area contributed by atoms with Crippen molar-refractivity contribution >= 4 is 15.9 Å². The molecule has 0 amide bonds. The molecule has 0 spiro atoms. The van der Waals surface area contributed by atoms with E-state index in [1.54, 1.807) is 6.07 Å². The average molecular weight is 312 g/mol. The summed E-state index contributed by atoms with van der Waals surface area (Å²) in [6, 6.07) is 5.79. The molecule has 1 saturated heterocycles. The molecule has 0 aromatic heterocycles. The summed E-state index contributed by atoms with van der Waals surface area (Å²) in [4.78, 5) is 2.51. The standard InChI is InChI=1S/C15H22BrNO/c1-3-15(2)6-8-17(9-7-15)11-12-4-5-14(18)13(16)10-12/h4-5,10,18H,3,6-9,11H2,1-2H3. The molecule has 3 heteroatoms. The Bertz CT molecular complexity index is 411. The number of likely N-dealkylation sites (tertiary alicyclic amines) is 1. The van der Waals surface area contributed by atoms with Gasteiger partial charge in [-0.25, -0.2) is 0 Å². The van der Waals surface area contributed by atoms with Crippen LogP contribution in [-0.2, 0) is 6.54 Å². The topological polar surface area (TPSA) is 23.5 Å². The van der Waals surface area contributed by atoms with Crippen molar-refractivity contribution < 1.29 is 5.11 Å². The van der Waals surface area contributed by atoms with E-state index in [1.807, 2.05) is 12.1 Å². The zero-order chi connectivity index (χ0) is 13.2. The van der Waals surface area contributed by atoms with Gasteiger partial charge < -0.3 is 5.11 Å². The zero-order valence-corrected chi connectivity index (χ0v) is 12.8. The van der Waals surface area contributed by atoms with Crippen molar-refractivity contribution in [1.29, 1.82) is 0 Å². The molecule has 0 saturated carbocycles. The lowest BCUT2D eigenvalue weighted by Gasteiger charge is -2.39. The van der Waals surface area contributed by atoms with Gasteiger partial charge in [0.15, 0.2) is 0 Å². The molecule has 0 bridgehead atoms. The third-order valence-electron chi connectivity index (χ3n) is 4.33. The van der Waals surface area contributed by atoms with Gasteiger partial charge in [0.25, 0.3) is 0 Å². The van der Waals surface area contributed by atoms with Gasteiger partial charge in [-0.15, -0.1) is 0 Å². The number of aromatic hydroxyl groups is 1. The van der Waals surface area contributed by atoms with Gasteiger partial charge in [0, 0.05) is 6.54 Å². The van der Waals surface area contributed by atoms with Crippen molar-refractivity contribution in [3.63, 3.8) is 0 Å². The van der Waals surface area contributed by atoms with Crippen LogP contribution in [0, 0.1) is 5.41 Å². The summed E-state index contributed by atoms with van der Waals surface area (Å²) in [5.74, 6) is 0.316. The fraction of sp³-hybridized carbons (Fsp3) is 0.600. The summed E-state index contributed by atoms with van der Waals surface area (Å²) in [6.07, 6.45) is 3.87. The molecule has 1 heterocycles. The van der Waals surface area contributed by atoms with E-state index in [1.165, 1.54) is 37.9 Å². The average Bonchev–Trinajstić information content (AvgIpc) is 2.37. The third kappa shape index (κ3) is 3.27. The molecule has 0 radical (unpaired) electrons. The van der Waals surface area contributed by atoms with E-state index in [2.05, 4.69) is 34.7 Å². The maximum Gasteiger partial charge on any atom is 0.129 e. The Labute approximate surface area is 118 Å². The number of phenolic OH excluding ortho intramolecular Hbond substituents is 1. The number of hydrogen-bond donors (Lipinski definition) is 1. The quantitative estimate of drug-likeness (QED) is 0.905. The van der Waals surface area contributed by atoms with Crippen LogP contribution in [0.5, 0.6) is 5.75 Å². The van der Waals surface area contributed by atoms with Crippen LogP contribution in [0.15, 0.2) is 22.7 Å². The fourth-order valence-electron chi connectivity index (χ4n) is 2.51. The zero-order valence-electron chi connectivity index (χ0n) is 11.2. The van der Waals surface area contributed by atoms with Crippen LogP contribution in [0.4, 0.5) is 0 Å². The lowest BCUT2D eigenvalue weighted by atomic mass is 9.78. The van der Waals surface area contributed by atoms with Crippen LogP contribution in [0.3, 0.4) is 0 Å². The predicted octanol–water partition coefficient (Wildman–Crippen LogP) is 4.17. The highest BCUT2D eigenvalue weighted by molar-refractivity contribution is 9.10. The second-order valence-electron chi connectivity index (χ2n) is 5.73. The van der Waals surface area contributed by atoms with E-state index in [0.717, 1.165) is 11.0 Å². The molecule has 1 aliphatic rings. The fourth-order valence-corrected chi connectivity index (χ4v) is 2.94. The molecule has 2 rings (SSSR count). The largest absolute Gasteiger partial charge is 0.507 e. The Morgan fingerprint density at radius 1 is 1.33 bits per heavy atom.